The Bertz CT molecular complexity index is 923. The van der Waals surface area contributed by atoms with E-state index in [1.165, 1.54) is 7.11 Å². The molecule has 2 atom stereocenters. The van der Waals surface area contributed by atoms with Gasteiger partial charge in [0.15, 0.2) is 11.4 Å². The van der Waals surface area contributed by atoms with Gasteiger partial charge in [0, 0.05) is 17.9 Å². The number of esters is 1. The van der Waals surface area contributed by atoms with Gasteiger partial charge in [-0.2, -0.15) is 0 Å². The Labute approximate surface area is 164 Å². The molecule has 0 aliphatic heterocycles. The van der Waals surface area contributed by atoms with E-state index in [4.69, 9.17) is 4.74 Å². The summed E-state index contributed by atoms with van der Waals surface area (Å²) in [5.74, 6) is -1.77. The lowest BCUT2D eigenvalue weighted by Gasteiger charge is -2.34. The number of benzene rings is 3. The van der Waals surface area contributed by atoms with Crippen molar-refractivity contribution in [3.63, 3.8) is 0 Å². The maximum Gasteiger partial charge on any atom is 0.343 e. The molecule has 0 saturated carbocycles. The summed E-state index contributed by atoms with van der Waals surface area (Å²) in [6, 6.07) is 26.6. The first-order chi connectivity index (χ1) is 13.6. The first kappa shape index (κ1) is 19.5. The van der Waals surface area contributed by atoms with E-state index in [1.54, 1.807) is 66.7 Å². The molecule has 1 N–H and O–H groups in total. The van der Waals surface area contributed by atoms with E-state index in [1.807, 2.05) is 24.3 Å². The van der Waals surface area contributed by atoms with E-state index in [9.17, 15) is 14.7 Å². The third kappa shape index (κ3) is 3.87. The monoisotopic (exact) mass is 374 g/mol. The molecule has 0 aromatic heterocycles. The molecule has 4 heteroatoms. The van der Waals surface area contributed by atoms with Crippen molar-refractivity contribution < 1.29 is 19.4 Å². The molecular formula is C24H22O4. The van der Waals surface area contributed by atoms with E-state index >= 15 is 0 Å². The maximum absolute atomic E-state index is 13.0. The molecule has 3 aromatic carbocycles. The number of carbonyl (C=O) groups is 2. The first-order valence-electron chi connectivity index (χ1n) is 9.07. The maximum atomic E-state index is 13.0. The Morgan fingerprint density at radius 1 is 0.857 bits per heavy atom. The quantitative estimate of drug-likeness (QED) is 0.499. The van der Waals surface area contributed by atoms with Gasteiger partial charge in [-0.15, -0.1) is 0 Å². The summed E-state index contributed by atoms with van der Waals surface area (Å²) < 4.78 is 4.96. The Morgan fingerprint density at radius 2 is 1.36 bits per heavy atom. The summed E-state index contributed by atoms with van der Waals surface area (Å²) in [5.41, 5.74) is -0.397. The number of methoxy groups -OCH3 is 1. The Kier molecular flexibility index (Phi) is 6.02. The standard InChI is InChI=1S/C24H22O4/c1-28-23(26)24(27,20-15-9-4-10-16-20)21(18-11-5-2-6-12-18)17-22(25)19-13-7-3-8-14-19/h2-16,21,27H,17H2,1H3/t21-,24+/m0/s1. The number of hydrogen-bond acceptors (Lipinski definition) is 4. The van der Waals surface area contributed by atoms with Crippen LogP contribution in [0.2, 0.25) is 0 Å². The van der Waals surface area contributed by atoms with E-state index in [0.29, 0.717) is 16.7 Å². The van der Waals surface area contributed by atoms with Crippen molar-refractivity contribution in [3.8, 4) is 0 Å². The Balaban J connectivity index is 2.11. The molecule has 0 heterocycles. The molecule has 0 aliphatic carbocycles. The van der Waals surface area contributed by atoms with Crippen LogP contribution in [0.5, 0.6) is 0 Å². The average Bonchev–Trinajstić information content (AvgIpc) is 2.78. The number of hydrogen-bond donors (Lipinski definition) is 1. The van der Waals surface area contributed by atoms with E-state index in [2.05, 4.69) is 0 Å². The zero-order valence-electron chi connectivity index (χ0n) is 15.6. The second-order valence-corrected chi connectivity index (χ2v) is 6.58. The van der Waals surface area contributed by atoms with Crippen molar-refractivity contribution in [2.75, 3.05) is 7.11 Å². The summed E-state index contributed by atoms with van der Waals surface area (Å²) in [6.07, 6.45) is -0.0471. The molecule has 28 heavy (non-hydrogen) atoms. The molecule has 0 amide bonds. The number of ether oxygens (including phenoxy) is 1. The Hall–Kier alpha value is -3.24. The van der Waals surface area contributed by atoms with Crippen LogP contribution < -0.4 is 0 Å². The SMILES string of the molecule is COC(=O)[C@@](O)(c1ccccc1)[C@@H](CC(=O)c1ccccc1)c1ccccc1. The molecule has 3 rings (SSSR count). The highest BCUT2D eigenvalue weighted by Crippen LogP contribution is 2.41. The van der Waals surface area contributed by atoms with Gasteiger partial charge in [0.1, 0.15) is 0 Å². The topological polar surface area (TPSA) is 63.6 Å². The van der Waals surface area contributed by atoms with Crippen molar-refractivity contribution in [1.82, 2.24) is 0 Å². The summed E-state index contributed by atoms with van der Waals surface area (Å²) in [5, 5.41) is 11.6. The third-order valence-electron chi connectivity index (χ3n) is 4.90. The molecule has 3 aromatic rings. The highest BCUT2D eigenvalue weighted by Gasteiger charge is 2.48. The second kappa shape index (κ2) is 8.63. The number of ketones is 1. The zero-order chi connectivity index (χ0) is 20.0. The second-order valence-electron chi connectivity index (χ2n) is 6.58. The van der Waals surface area contributed by atoms with Crippen LogP contribution in [0.25, 0.3) is 0 Å². The van der Waals surface area contributed by atoms with Gasteiger partial charge in [-0.05, 0) is 11.1 Å². The van der Waals surface area contributed by atoms with Gasteiger partial charge in [-0.25, -0.2) is 4.79 Å². The Morgan fingerprint density at radius 3 is 1.89 bits per heavy atom. The minimum atomic E-state index is -2.00. The summed E-state index contributed by atoms with van der Waals surface area (Å²) in [6.45, 7) is 0. The lowest BCUT2D eigenvalue weighted by atomic mass is 9.74. The van der Waals surface area contributed by atoms with Crippen LogP contribution >= 0.6 is 0 Å². The molecule has 0 unspecified atom stereocenters. The van der Waals surface area contributed by atoms with E-state index in [-0.39, 0.29) is 12.2 Å². The van der Waals surface area contributed by atoms with Crippen LogP contribution in [0.3, 0.4) is 0 Å². The van der Waals surface area contributed by atoms with Gasteiger partial charge in [-0.3, -0.25) is 4.79 Å². The number of aliphatic hydroxyl groups is 1. The van der Waals surface area contributed by atoms with Crippen molar-refractivity contribution in [1.29, 1.82) is 0 Å². The lowest BCUT2D eigenvalue weighted by molar-refractivity contribution is -0.166. The largest absolute Gasteiger partial charge is 0.467 e. The van der Waals surface area contributed by atoms with Crippen molar-refractivity contribution in [2.45, 2.75) is 17.9 Å². The minimum Gasteiger partial charge on any atom is -0.467 e. The van der Waals surface area contributed by atoms with Crippen LogP contribution in [-0.4, -0.2) is 24.0 Å². The van der Waals surface area contributed by atoms with Crippen LogP contribution in [0.1, 0.15) is 33.8 Å². The molecule has 0 fully saturated rings. The fourth-order valence-electron chi connectivity index (χ4n) is 3.43. The fraction of sp³-hybridized carbons (Fsp3) is 0.167. The van der Waals surface area contributed by atoms with Gasteiger partial charge in [0.25, 0.3) is 0 Å². The third-order valence-corrected chi connectivity index (χ3v) is 4.90. The molecular weight excluding hydrogens is 352 g/mol. The molecule has 0 radical (unpaired) electrons. The van der Waals surface area contributed by atoms with Crippen LogP contribution in [-0.2, 0) is 15.1 Å². The predicted molar refractivity (Wildman–Crippen MR) is 107 cm³/mol. The molecule has 0 bridgehead atoms. The summed E-state index contributed by atoms with van der Waals surface area (Å²) in [7, 11) is 1.23. The van der Waals surface area contributed by atoms with Gasteiger partial charge in [0.2, 0.25) is 0 Å². The van der Waals surface area contributed by atoms with Crippen molar-refractivity contribution in [2.24, 2.45) is 0 Å². The molecule has 0 spiro atoms. The molecule has 0 saturated heterocycles. The smallest absolute Gasteiger partial charge is 0.343 e. The number of rotatable bonds is 7. The highest BCUT2D eigenvalue weighted by molar-refractivity contribution is 5.97. The van der Waals surface area contributed by atoms with Crippen molar-refractivity contribution >= 4 is 11.8 Å². The number of Topliss-reactive ketones (excluding diaryl/α,β-unsaturated/α-hetero) is 1. The van der Waals surface area contributed by atoms with Crippen LogP contribution in [0.4, 0.5) is 0 Å². The van der Waals surface area contributed by atoms with E-state index < -0.39 is 17.5 Å². The molecule has 142 valence electrons. The average molecular weight is 374 g/mol. The fourth-order valence-corrected chi connectivity index (χ4v) is 3.43. The summed E-state index contributed by atoms with van der Waals surface area (Å²) in [4.78, 5) is 25.7. The molecule has 4 nitrogen and oxygen atoms in total. The minimum absolute atomic E-state index is 0.0471. The zero-order valence-corrected chi connectivity index (χ0v) is 15.6. The summed E-state index contributed by atoms with van der Waals surface area (Å²) >= 11 is 0. The van der Waals surface area contributed by atoms with Crippen molar-refractivity contribution in [3.05, 3.63) is 108 Å². The predicted octanol–water partition coefficient (Wildman–Crippen LogP) is 4.10. The number of carbonyl (C=O) groups excluding carboxylic acids is 2. The van der Waals surface area contributed by atoms with Crippen LogP contribution in [0, 0.1) is 0 Å². The highest BCUT2D eigenvalue weighted by atomic mass is 16.5. The lowest BCUT2D eigenvalue weighted by Crippen LogP contribution is -2.43. The van der Waals surface area contributed by atoms with Gasteiger partial charge < -0.3 is 9.84 Å². The van der Waals surface area contributed by atoms with Gasteiger partial charge >= 0.3 is 5.97 Å². The molecule has 0 aliphatic rings. The normalized spacial score (nSPS) is 13.9. The van der Waals surface area contributed by atoms with Gasteiger partial charge in [0.05, 0.1) is 7.11 Å². The first-order valence-corrected chi connectivity index (χ1v) is 9.07. The van der Waals surface area contributed by atoms with Crippen LogP contribution in [0.15, 0.2) is 91.0 Å². The van der Waals surface area contributed by atoms with E-state index in [0.717, 1.165) is 0 Å². The van der Waals surface area contributed by atoms with Gasteiger partial charge in [-0.1, -0.05) is 91.0 Å².